The van der Waals surface area contributed by atoms with E-state index in [1.165, 1.54) is 11.1 Å². The van der Waals surface area contributed by atoms with Gasteiger partial charge >= 0.3 is 0 Å². The average molecular weight is 297 g/mol. The molecule has 0 spiro atoms. The number of nitrogens with two attached hydrogens (primary N) is 1. The molecule has 2 rings (SSSR count). The van der Waals surface area contributed by atoms with Crippen LogP contribution in [0.15, 0.2) is 24.3 Å². The summed E-state index contributed by atoms with van der Waals surface area (Å²) < 4.78 is 0. The fraction of sp³-hybridized carbons (Fsp3) is 0.562. The molecule has 1 aliphatic rings. The van der Waals surface area contributed by atoms with Gasteiger partial charge in [0.05, 0.1) is 0 Å². The molecule has 4 heteroatoms. The highest BCUT2D eigenvalue weighted by Crippen LogP contribution is 2.32. The lowest BCUT2D eigenvalue weighted by Crippen LogP contribution is -2.36. The minimum atomic E-state index is 0. The van der Waals surface area contributed by atoms with E-state index in [1.807, 2.05) is 18.0 Å². The number of hydrogen-bond donors (Lipinski definition) is 1. The van der Waals surface area contributed by atoms with Crippen LogP contribution in [0.4, 0.5) is 0 Å². The summed E-state index contributed by atoms with van der Waals surface area (Å²) in [6.07, 6.45) is 3.24. The van der Waals surface area contributed by atoms with E-state index >= 15 is 0 Å². The number of carbonyl (C=O) groups excluding carboxylic acids is 1. The lowest BCUT2D eigenvalue weighted by Gasteiger charge is -2.24. The lowest BCUT2D eigenvalue weighted by molar-refractivity contribution is -0.135. The highest BCUT2D eigenvalue weighted by Gasteiger charge is 2.33. The second-order valence-electron chi connectivity index (χ2n) is 5.72. The van der Waals surface area contributed by atoms with E-state index in [2.05, 4.69) is 25.1 Å². The molecule has 1 aromatic rings. The van der Waals surface area contributed by atoms with E-state index in [9.17, 15) is 4.79 Å². The van der Waals surface area contributed by atoms with Crippen molar-refractivity contribution in [2.75, 3.05) is 13.6 Å². The molecule has 20 heavy (non-hydrogen) atoms. The molecule has 1 amide bonds. The van der Waals surface area contributed by atoms with Crippen LogP contribution in [0, 0.1) is 18.8 Å². The van der Waals surface area contributed by atoms with Gasteiger partial charge < -0.3 is 10.6 Å². The van der Waals surface area contributed by atoms with Crippen molar-refractivity contribution in [1.82, 2.24) is 4.90 Å². The summed E-state index contributed by atoms with van der Waals surface area (Å²) in [6.45, 7) is 3.40. The van der Waals surface area contributed by atoms with Crippen molar-refractivity contribution < 1.29 is 4.79 Å². The molecule has 2 N–H and O–H groups in total. The lowest BCUT2D eigenvalue weighted by atomic mass is 9.94. The molecule has 0 heterocycles. The molecule has 0 radical (unpaired) electrons. The van der Waals surface area contributed by atoms with E-state index in [4.69, 9.17) is 5.73 Å². The smallest absolute Gasteiger partial charge is 0.226 e. The Bertz CT molecular complexity index is 450. The number of rotatable bonds is 4. The van der Waals surface area contributed by atoms with Gasteiger partial charge in [0.25, 0.3) is 0 Å². The van der Waals surface area contributed by atoms with Crippen molar-refractivity contribution in [3.63, 3.8) is 0 Å². The molecule has 0 aliphatic heterocycles. The Kier molecular flexibility index (Phi) is 6.50. The van der Waals surface area contributed by atoms with Crippen LogP contribution in [0.25, 0.3) is 0 Å². The van der Waals surface area contributed by atoms with Gasteiger partial charge in [-0.2, -0.15) is 0 Å². The SMILES string of the molecule is Cc1cccc(CN(C)C(=O)[C@@H]2CCC[C@@H]2CN)c1.Cl. The third kappa shape index (κ3) is 3.97. The topological polar surface area (TPSA) is 46.3 Å². The van der Waals surface area contributed by atoms with Crippen LogP contribution in [0.2, 0.25) is 0 Å². The summed E-state index contributed by atoms with van der Waals surface area (Å²) in [7, 11) is 1.90. The summed E-state index contributed by atoms with van der Waals surface area (Å²) in [5.41, 5.74) is 8.19. The number of nitrogens with zero attached hydrogens (tertiary/aromatic N) is 1. The quantitative estimate of drug-likeness (QED) is 0.928. The van der Waals surface area contributed by atoms with Crippen molar-refractivity contribution in [3.05, 3.63) is 35.4 Å². The molecular weight excluding hydrogens is 272 g/mol. The monoisotopic (exact) mass is 296 g/mol. The van der Waals surface area contributed by atoms with Gasteiger partial charge in [-0.3, -0.25) is 4.79 Å². The van der Waals surface area contributed by atoms with E-state index in [0.29, 0.717) is 19.0 Å². The Balaban J connectivity index is 0.00000200. The average Bonchev–Trinajstić information content (AvgIpc) is 2.86. The summed E-state index contributed by atoms with van der Waals surface area (Å²) in [5, 5.41) is 0. The van der Waals surface area contributed by atoms with Crippen LogP contribution in [0.1, 0.15) is 30.4 Å². The zero-order chi connectivity index (χ0) is 13.8. The molecule has 0 aromatic heterocycles. The zero-order valence-electron chi connectivity index (χ0n) is 12.3. The van der Waals surface area contributed by atoms with Gasteiger partial charge in [-0.1, -0.05) is 36.2 Å². The number of halogens is 1. The fourth-order valence-electron chi connectivity index (χ4n) is 3.09. The van der Waals surface area contributed by atoms with E-state index in [-0.39, 0.29) is 24.2 Å². The van der Waals surface area contributed by atoms with Crippen LogP contribution in [0.5, 0.6) is 0 Å². The fourth-order valence-corrected chi connectivity index (χ4v) is 3.09. The van der Waals surface area contributed by atoms with Gasteiger partial charge in [-0.25, -0.2) is 0 Å². The largest absolute Gasteiger partial charge is 0.341 e. The maximum absolute atomic E-state index is 12.5. The van der Waals surface area contributed by atoms with Crippen molar-refractivity contribution in [1.29, 1.82) is 0 Å². The highest BCUT2D eigenvalue weighted by atomic mass is 35.5. The van der Waals surface area contributed by atoms with Gasteiger partial charge in [-0.15, -0.1) is 12.4 Å². The van der Waals surface area contributed by atoms with Gasteiger partial charge in [0.1, 0.15) is 0 Å². The minimum Gasteiger partial charge on any atom is -0.341 e. The number of hydrogen-bond acceptors (Lipinski definition) is 2. The van der Waals surface area contributed by atoms with Crippen molar-refractivity contribution in [2.24, 2.45) is 17.6 Å². The summed E-state index contributed by atoms with van der Waals surface area (Å²) in [5.74, 6) is 0.779. The molecule has 0 bridgehead atoms. The van der Waals surface area contributed by atoms with Crippen LogP contribution >= 0.6 is 12.4 Å². The maximum Gasteiger partial charge on any atom is 0.226 e. The zero-order valence-corrected chi connectivity index (χ0v) is 13.2. The minimum absolute atomic E-state index is 0. The van der Waals surface area contributed by atoms with Crippen LogP contribution in [-0.2, 0) is 11.3 Å². The van der Waals surface area contributed by atoms with Crippen LogP contribution in [0.3, 0.4) is 0 Å². The third-order valence-electron chi connectivity index (χ3n) is 4.16. The Labute approximate surface area is 127 Å². The van der Waals surface area contributed by atoms with E-state index in [1.54, 1.807) is 0 Å². The predicted molar refractivity (Wildman–Crippen MR) is 84.8 cm³/mol. The second kappa shape index (κ2) is 7.65. The molecule has 2 atom stereocenters. The molecule has 1 aliphatic carbocycles. The third-order valence-corrected chi connectivity index (χ3v) is 4.16. The molecule has 0 saturated heterocycles. The molecule has 1 aromatic carbocycles. The number of benzene rings is 1. The predicted octanol–water partition coefficient (Wildman–Crippen LogP) is 2.75. The first-order valence-electron chi connectivity index (χ1n) is 7.12. The van der Waals surface area contributed by atoms with Gasteiger partial charge in [-0.05, 0) is 37.8 Å². The number of carbonyl (C=O) groups is 1. The Morgan fingerprint density at radius 3 is 2.80 bits per heavy atom. The molecular formula is C16H25ClN2O. The Morgan fingerprint density at radius 2 is 2.15 bits per heavy atom. The van der Waals surface area contributed by atoms with Crippen molar-refractivity contribution >= 4 is 18.3 Å². The van der Waals surface area contributed by atoms with Gasteiger partial charge in [0, 0.05) is 19.5 Å². The normalized spacial score (nSPS) is 21.4. The van der Waals surface area contributed by atoms with Gasteiger partial charge in [0.15, 0.2) is 0 Å². The molecule has 0 unspecified atom stereocenters. The van der Waals surface area contributed by atoms with Gasteiger partial charge in [0.2, 0.25) is 5.91 Å². The van der Waals surface area contributed by atoms with E-state index < -0.39 is 0 Å². The molecule has 1 fully saturated rings. The summed E-state index contributed by atoms with van der Waals surface area (Å²) in [4.78, 5) is 14.3. The van der Waals surface area contributed by atoms with Crippen molar-refractivity contribution in [2.45, 2.75) is 32.7 Å². The second-order valence-corrected chi connectivity index (χ2v) is 5.72. The Morgan fingerprint density at radius 1 is 1.40 bits per heavy atom. The molecule has 1 saturated carbocycles. The first kappa shape index (κ1) is 17.0. The molecule has 3 nitrogen and oxygen atoms in total. The van der Waals surface area contributed by atoms with Crippen molar-refractivity contribution in [3.8, 4) is 0 Å². The summed E-state index contributed by atoms with van der Waals surface area (Å²) in [6, 6.07) is 8.33. The van der Waals surface area contributed by atoms with Crippen LogP contribution in [-0.4, -0.2) is 24.4 Å². The first-order valence-corrected chi connectivity index (χ1v) is 7.12. The molecule has 112 valence electrons. The standard InChI is InChI=1S/C16H24N2O.ClH/c1-12-5-3-6-13(9-12)11-18(2)16(19)15-8-4-7-14(15)10-17;/h3,5-6,9,14-15H,4,7-8,10-11,17H2,1-2H3;1H/t14-,15-;/m1./s1. The Hall–Kier alpha value is -1.06. The summed E-state index contributed by atoms with van der Waals surface area (Å²) >= 11 is 0. The highest BCUT2D eigenvalue weighted by molar-refractivity contribution is 5.85. The van der Waals surface area contributed by atoms with E-state index in [0.717, 1.165) is 19.3 Å². The number of aryl methyl sites for hydroxylation is 1. The first-order chi connectivity index (χ1) is 9.11. The number of amides is 1. The maximum atomic E-state index is 12.5. The van der Waals surface area contributed by atoms with Crippen LogP contribution < -0.4 is 5.73 Å².